The van der Waals surface area contributed by atoms with Gasteiger partial charge in [-0.1, -0.05) is 42.5 Å². The molecule has 0 bridgehead atoms. The van der Waals surface area contributed by atoms with Gasteiger partial charge in [-0.2, -0.15) is 0 Å². The second kappa shape index (κ2) is 7.81. The lowest BCUT2D eigenvalue weighted by atomic mass is 10.1. The van der Waals surface area contributed by atoms with Gasteiger partial charge in [-0.3, -0.25) is 0 Å². The molecule has 0 heterocycles. The van der Waals surface area contributed by atoms with E-state index in [-0.39, 0.29) is 12.6 Å². The van der Waals surface area contributed by atoms with Crippen LogP contribution in [-0.4, -0.2) is 11.7 Å². The van der Waals surface area contributed by atoms with Crippen LogP contribution in [0.15, 0.2) is 48.5 Å². The molecule has 1 atom stereocenters. The molecule has 0 spiro atoms. The fourth-order valence-electron chi connectivity index (χ4n) is 2.34. The Morgan fingerprint density at radius 3 is 2.62 bits per heavy atom. The van der Waals surface area contributed by atoms with E-state index in [1.165, 1.54) is 5.56 Å². The Kier molecular flexibility index (Phi) is 5.78. The number of nitrogens with one attached hydrogen (secondary N) is 1. The average Bonchev–Trinajstić information content (AvgIpc) is 2.53. The molecule has 3 nitrogen and oxygen atoms in total. The van der Waals surface area contributed by atoms with Gasteiger partial charge in [-0.25, -0.2) is 0 Å². The zero-order chi connectivity index (χ0) is 15.1. The second-order valence-electron chi connectivity index (χ2n) is 5.05. The minimum atomic E-state index is 0.0799. The molecule has 0 fully saturated rings. The van der Waals surface area contributed by atoms with Crippen LogP contribution in [0.3, 0.4) is 0 Å². The Balaban J connectivity index is 2.02. The molecule has 0 radical (unpaired) electrons. The van der Waals surface area contributed by atoms with Crippen molar-refractivity contribution in [2.45, 2.75) is 33.0 Å². The third-order valence-corrected chi connectivity index (χ3v) is 3.47. The summed E-state index contributed by atoms with van der Waals surface area (Å²) in [4.78, 5) is 0. The van der Waals surface area contributed by atoms with Gasteiger partial charge in [0.2, 0.25) is 0 Å². The van der Waals surface area contributed by atoms with Crippen LogP contribution in [0.4, 0.5) is 0 Å². The van der Waals surface area contributed by atoms with Crippen molar-refractivity contribution in [3.8, 4) is 5.75 Å². The van der Waals surface area contributed by atoms with Crippen LogP contribution >= 0.6 is 0 Å². The van der Waals surface area contributed by atoms with Crippen LogP contribution in [0, 0.1) is 0 Å². The molecule has 2 rings (SSSR count). The van der Waals surface area contributed by atoms with Crippen molar-refractivity contribution in [1.29, 1.82) is 0 Å². The van der Waals surface area contributed by atoms with Crippen molar-refractivity contribution in [2.24, 2.45) is 0 Å². The van der Waals surface area contributed by atoms with Crippen LogP contribution in [0.5, 0.6) is 5.75 Å². The quantitative estimate of drug-likeness (QED) is 0.819. The molecule has 2 aromatic carbocycles. The average molecular weight is 285 g/mol. The fourth-order valence-corrected chi connectivity index (χ4v) is 2.34. The molecule has 0 aromatic heterocycles. The van der Waals surface area contributed by atoms with Crippen LogP contribution in [0.25, 0.3) is 0 Å². The number of hydrogen-bond acceptors (Lipinski definition) is 3. The molecule has 0 aliphatic heterocycles. The number of benzene rings is 2. The number of para-hydroxylation sites is 1. The Bertz CT molecular complexity index is 569. The molecule has 112 valence electrons. The first kappa shape index (κ1) is 15.5. The summed E-state index contributed by atoms with van der Waals surface area (Å²) in [7, 11) is 0. The van der Waals surface area contributed by atoms with E-state index < -0.39 is 0 Å². The van der Waals surface area contributed by atoms with Crippen molar-refractivity contribution >= 4 is 0 Å². The predicted molar refractivity (Wildman–Crippen MR) is 85.2 cm³/mol. The number of rotatable bonds is 7. The van der Waals surface area contributed by atoms with Crippen molar-refractivity contribution < 1.29 is 9.84 Å². The smallest absolute Gasteiger partial charge is 0.124 e. The van der Waals surface area contributed by atoms with Gasteiger partial charge in [0.05, 0.1) is 13.2 Å². The predicted octanol–water partition coefficient (Wildman–Crippen LogP) is 3.43. The molecular formula is C18H23NO2. The van der Waals surface area contributed by atoms with E-state index in [0.29, 0.717) is 6.61 Å². The molecule has 2 N–H and O–H groups in total. The number of aliphatic hydroxyl groups is 1. The van der Waals surface area contributed by atoms with Gasteiger partial charge in [0, 0.05) is 18.2 Å². The minimum Gasteiger partial charge on any atom is -0.494 e. The number of aliphatic hydroxyl groups excluding tert-OH is 1. The van der Waals surface area contributed by atoms with Crippen LogP contribution in [0.1, 0.15) is 36.6 Å². The van der Waals surface area contributed by atoms with Crippen molar-refractivity contribution in [3.63, 3.8) is 0 Å². The van der Waals surface area contributed by atoms with E-state index >= 15 is 0 Å². The van der Waals surface area contributed by atoms with Gasteiger partial charge in [-0.05, 0) is 31.0 Å². The van der Waals surface area contributed by atoms with E-state index in [1.54, 1.807) is 0 Å². The van der Waals surface area contributed by atoms with Gasteiger partial charge in [0.25, 0.3) is 0 Å². The highest BCUT2D eigenvalue weighted by Crippen LogP contribution is 2.25. The van der Waals surface area contributed by atoms with Gasteiger partial charge in [0.15, 0.2) is 0 Å². The Morgan fingerprint density at radius 2 is 1.86 bits per heavy atom. The summed E-state index contributed by atoms with van der Waals surface area (Å²) in [5.41, 5.74) is 3.27. The molecule has 3 heteroatoms. The molecular weight excluding hydrogens is 262 g/mol. The van der Waals surface area contributed by atoms with Gasteiger partial charge < -0.3 is 15.2 Å². The molecule has 0 amide bonds. The minimum absolute atomic E-state index is 0.0799. The summed E-state index contributed by atoms with van der Waals surface area (Å²) in [6, 6.07) is 16.3. The van der Waals surface area contributed by atoms with Gasteiger partial charge in [-0.15, -0.1) is 0 Å². The largest absolute Gasteiger partial charge is 0.494 e. The van der Waals surface area contributed by atoms with E-state index in [0.717, 1.165) is 23.4 Å². The van der Waals surface area contributed by atoms with Crippen molar-refractivity contribution in [3.05, 3.63) is 65.2 Å². The van der Waals surface area contributed by atoms with Gasteiger partial charge in [0.1, 0.15) is 5.75 Å². The van der Waals surface area contributed by atoms with E-state index in [9.17, 15) is 5.11 Å². The molecule has 0 saturated heterocycles. The first-order chi connectivity index (χ1) is 10.2. The lowest BCUT2D eigenvalue weighted by Gasteiger charge is -2.18. The van der Waals surface area contributed by atoms with Crippen LogP contribution in [-0.2, 0) is 13.2 Å². The third-order valence-electron chi connectivity index (χ3n) is 3.47. The summed E-state index contributed by atoms with van der Waals surface area (Å²) >= 11 is 0. The highest BCUT2D eigenvalue weighted by atomic mass is 16.5. The molecule has 0 saturated carbocycles. The lowest BCUT2D eigenvalue weighted by molar-refractivity contribution is 0.281. The second-order valence-corrected chi connectivity index (χ2v) is 5.05. The first-order valence-corrected chi connectivity index (χ1v) is 7.38. The van der Waals surface area contributed by atoms with E-state index in [2.05, 4.69) is 24.4 Å². The topological polar surface area (TPSA) is 41.5 Å². The number of hydrogen-bond donors (Lipinski definition) is 2. The van der Waals surface area contributed by atoms with Crippen LogP contribution in [0.2, 0.25) is 0 Å². The standard InChI is InChI=1S/C18H23NO2/c1-3-21-18-10-5-4-9-17(18)14(2)19-12-15-7-6-8-16(11-15)13-20/h4-11,14,19-20H,3,12-13H2,1-2H3. The first-order valence-electron chi connectivity index (χ1n) is 7.38. The SMILES string of the molecule is CCOc1ccccc1C(C)NCc1cccc(CO)c1. The summed E-state index contributed by atoms with van der Waals surface area (Å²) in [6.45, 7) is 5.64. The lowest BCUT2D eigenvalue weighted by Crippen LogP contribution is -2.19. The molecule has 21 heavy (non-hydrogen) atoms. The Morgan fingerprint density at radius 1 is 1.10 bits per heavy atom. The zero-order valence-corrected chi connectivity index (χ0v) is 12.7. The van der Waals surface area contributed by atoms with E-state index in [4.69, 9.17) is 4.74 Å². The highest BCUT2D eigenvalue weighted by Gasteiger charge is 2.10. The van der Waals surface area contributed by atoms with Crippen LogP contribution < -0.4 is 10.1 Å². The molecule has 0 aliphatic rings. The zero-order valence-electron chi connectivity index (χ0n) is 12.7. The highest BCUT2D eigenvalue weighted by molar-refractivity contribution is 5.35. The maximum atomic E-state index is 9.18. The monoisotopic (exact) mass is 285 g/mol. The van der Waals surface area contributed by atoms with E-state index in [1.807, 2.05) is 43.3 Å². The maximum Gasteiger partial charge on any atom is 0.124 e. The number of ether oxygens (including phenoxy) is 1. The molecule has 2 aromatic rings. The summed E-state index contributed by atoms with van der Waals surface area (Å²) < 4.78 is 5.67. The molecule has 0 aliphatic carbocycles. The van der Waals surface area contributed by atoms with Crippen molar-refractivity contribution in [1.82, 2.24) is 5.32 Å². The summed E-state index contributed by atoms with van der Waals surface area (Å²) in [6.07, 6.45) is 0. The Labute approximate surface area is 126 Å². The molecule has 1 unspecified atom stereocenters. The summed E-state index contributed by atoms with van der Waals surface area (Å²) in [5, 5.41) is 12.7. The normalized spacial score (nSPS) is 12.1. The van der Waals surface area contributed by atoms with Crippen molar-refractivity contribution in [2.75, 3.05) is 6.61 Å². The van der Waals surface area contributed by atoms with Gasteiger partial charge >= 0.3 is 0 Å². The fraction of sp³-hybridized carbons (Fsp3) is 0.333. The third kappa shape index (κ3) is 4.31. The summed E-state index contributed by atoms with van der Waals surface area (Å²) in [5.74, 6) is 0.934. The maximum absolute atomic E-state index is 9.18. The Hall–Kier alpha value is -1.84.